The highest BCUT2D eigenvalue weighted by Crippen LogP contribution is 2.14. The van der Waals surface area contributed by atoms with Crippen LogP contribution < -0.4 is 0 Å². The van der Waals surface area contributed by atoms with E-state index in [0.717, 1.165) is 25.9 Å². The number of hydrogen-bond donors (Lipinski definition) is 0. The van der Waals surface area contributed by atoms with Gasteiger partial charge >= 0.3 is 0 Å². The summed E-state index contributed by atoms with van der Waals surface area (Å²) in [6.07, 6.45) is 3.25. The molecule has 0 spiro atoms. The van der Waals surface area contributed by atoms with Gasteiger partial charge in [-0.3, -0.25) is 9.59 Å². The smallest absolute Gasteiger partial charge is 0.253 e. The van der Waals surface area contributed by atoms with Crippen LogP contribution in [0.3, 0.4) is 0 Å². The van der Waals surface area contributed by atoms with Gasteiger partial charge in [0.15, 0.2) is 0 Å². The van der Waals surface area contributed by atoms with E-state index in [2.05, 4.69) is 10.0 Å². The van der Waals surface area contributed by atoms with Crippen LogP contribution in [0.2, 0.25) is 0 Å². The second kappa shape index (κ2) is 6.02. The number of hydrogen-bond acceptors (Lipinski definition) is 2. The van der Waals surface area contributed by atoms with Crippen molar-refractivity contribution >= 4 is 11.8 Å². The normalized spacial score (nSPS) is 14.6. The Bertz CT molecular complexity index is 526. The Morgan fingerprint density at radius 2 is 1.63 bits per heavy atom. The average Bonchev–Trinajstić information content (AvgIpc) is 2.48. The Balaban J connectivity index is 2.11. The number of benzene rings is 1. The van der Waals surface area contributed by atoms with Crippen molar-refractivity contribution in [3.05, 3.63) is 45.8 Å². The summed E-state index contributed by atoms with van der Waals surface area (Å²) in [5.41, 5.74) is 9.03. The minimum Gasteiger partial charge on any atom is -0.339 e. The van der Waals surface area contributed by atoms with Gasteiger partial charge < -0.3 is 4.90 Å². The number of piperidine rings is 1. The van der Waals surface area contributed by atoms with Crippen molar-refractivity contribution < 1.29 is 9.59 Å². The van der Waals surface area contributed by atoms with Crippen LogP contribution in [0.5, 0.6) is 0 Å². The van der Waals surface area contributed by atoms with Gasteiger partial charge in [0.05, 0.1) is 0 Å². The van der Waals surface area contributed by atoms with E-state index in [-0.39, 0.29) is 11.5 Å². The Hall–Kier alpha value is -2.33. The molecule has 19 heavy (non-hydrogen) atoms. The molecular formula is C13H14N4O2. The van der Waals surface area contributed by atoms with E-state index in [4.69, 9.17) is 5.53 Å². The van der Waals surface area contributed by atoms with Crippen molar-refractivity contribution in [1.29, 1.82) is 0 Å². The van der Waals surface area contributed by atoms with Crippen LogP contribution in [0.15, 0.2) is 29.4 Å². The molecule has 0 bridgehead atoms. The molecule has 1 saturated heterocycles. The van der Waals surface area contributed by atoms with Crippen molar-refractivity contribution in [2.45, 2.75) is 19.3 Å². The van der Waals surface area contributed by atoms with E-state index in [9.17, 15) is 9.59 Å². The SMILES string of the molecule is [N-]=[N+]=NC(=O)c1ccc(C(=O)N2CCCCC2)cc1. The second-order valence-corrected chi connectivity index (χ2v) is 4.42. The summed E-state index contributed by atoms with van der Waals surface area (Å²) in [4.78, 5) is 27.7. The molecule has 2 amide bonds. The lowest BCUT2D eigenvalue weighted by Gasteiger charge is -2.26. The van der Waals surface area contributed by atoms with E-state index in [1.54, 1.807) is 12.1 Å². The van der Waals surface area contributed by atoms with Crippen molar-refractivity contribution in [2.24, 2.45) is 5.11 Å². The molecule has 6 nitrogen and oxygen atoms in total. The molecule has 1 aromatic carbocycles. The fourth-order valence-electron chi connectivity index (χ4n) is 2.13. The third kappa shape index (κ3) is 3.11. The first-order chi connectivity index (χ1) is 9.22. The molecule has 1 heterocycles. The minimum absolute atomic E-state index is 0.0116. The number of nitrogens with zero attached hydrogens (tertiary/aromatic N) is 4. The minimum atomic E-state index is -0.639. The number of rotatable bonds is 2. The molecule has 0 N–H and O–H groups in total. The van der Waals surface area contributed by atoms with Crippen LogP contribution in [0.1, 0.15) is 40.0 Å². The first kappa shape index (κ1) is 13.1. The standard InChI is InChI=1S/C13H14N4O2/c14-16-15-12(18)10-4-6-11(7-5-10)13(19)17-8-2-1-3-9-17/h4-7H,1-3,8-9H2. The number of azide groups is 1. The predicted octanol–water partition coefficient (Wildman–Crippen LogP) is 2.76. The van der Waals surface area contributed by atoms with Gasteiger partial charge in [-0.25, -0.2) is 0 Å². The van der Waals surface area contributed by atoms with Gasteiger partial charge in [-0.05, 0) is 42.0 Å². The van der Waals surface area contributed by atoms with Gasteiger partial charge in [-0.2, -0.15) is 0 Å². The van der Waals surface area contributed by atoms with Crippen LogP contribution in [0.4, 0.5) is 0 Å². The Morgan fingerprint density at radius 3 is 2.21 bits per heavy atom. The maximum atomic E-state index is 12.2. The molecule has 6 heteroatoms. The zero-order valence-electron chi connectivity index (χ0n) is 10.5. The van der Waals surface area contributed by atoms with E-state index in [0.29, 0.717) is 5.56 Å². The summed E-state index contributed by atoms with van der Waals surface area (Å²) in [7, 11) is 0. The molecule has 0 saturated carbocycles. The van der Waals surface area contributed by atoms with E-state index >= 15 is 0 Å². The van der Waals surface area contributed by atoms with Crippen LogP contribution >= 0.6 is 0 Å². The molecule has 0 radical (unpaired) electrons. The number of likely N-dealkylation sites (tertiary alicyclic amines) is 1. The summed E-state index contributed by atoms with van der Waals surface area (Å²) in [5, 5.41) is 3.01. The van der Waals surface area contributed by atoms with Crippen molar-refractivity contribution in [2.75, 3.05) is 13.1 Å². The molecule has 0 aliphatic carbocycles. The molecule has 1 aliphatic heterocycles. The number of carbonyl (C=O) groups excluding carboxylic acids is 2. The van der Waals surface area contributed by atoms with E-state index in [1.807, 2.05) is 4.90 Å². The third-order valence-corrected chi connectivity index (χ3v) is 3.16. The lowest BCUT2D eigenvalue weighted by atomic mass is 10.1. The van der Waals surface area contributed by atoms with Crippen LogP contribution in [0.25, 0.3) is 10.4 Å². The van der Waals surface area contributed by atoms with Crippen LogP contribution in [-0.4, -0.2) is 29.8 Å². The molecule has 0 aromatic heterocycles. The number of carbonyl (C=O) groups is 2. The first-order valence-electron chi connectivity index (χ1n) is 6.21. The second-order valence-electron chi connectivity index (χ2n) is 4.42. The highest BCUT2D eigenvalue weighted by molar-refractivity contribution is 5.98. The van der Waals surface area contributed by atoms with Crippen molar-refractivity contribution in [3.63, 3.8) is 0 Å². The van der Waals surface area contributed by atoms with E-state index in [1.165, 1.54) is 18.6 Å². The number of amides is 2. The van der Waals surface area contributed by atoms with Crippen molar-refractivity contribution in [1.82, 2.24) is 4.90 Å². The maximum absolute atomic E-state index is 12.2. The third-order valence-electron chi connectivity index (χ3n) is 3.16. The van der Waals surface area contributed by atoms with Gasteiger partial charge in [0.25, 0.3) is 5.91 Å². The van der Waals surface area contributed by atoms with Gasteiger partial charge in [0.1, 0.15) is 0 Å². The molecule has 1 aliphatic rings. The Morgan fingerprint density at radius 1 is 1.05 bits per heavy atom. The largest absolute Gasteiger partial charge is 0.339 e. The molecule has 1 fully saturated rings. The molecule has 2 rings (SSSR count). The molecular weight excluding hydrogens is 244 g/mol. The van der Waals surface area contributed by atoms with Gasteiger partial charge in [0.2, 0.25) is 5.91 Å². The highest BCUT2D eigenvalue weighted by atomic mass is 16.2. The summed E-state index contributed by atoms with van der Waals surface area (Å²) >= 11 is 0. The predicted molar refractivity (Wildman–Crippen MR) is 69.7 cm³/mol. The lowest BCUT2D eigenvalue weighted by molar-refractivity contribution is 0.0724. The summed E-state index contributed by atoms with van der Waals surface area (Å²) in [6.45, 7) is 1.58. The van der Waals surface area contributed by atoms with Crippen molar-refractivity contribution in [3.8, 4) is 0 Å². The first-order valence-corrected chi connectivity index (χ1v) is 6.21. The highest BCUT2D eigenvalue weighted by Gasteiger charge is 2.18. The molecule has 1 aromatic rings. The van der Waals surface area contributed by atoms with E-state index < -0.39 is 5.91 Å². The van der Waals surface area contributed by atoms with Gasteiger partial charge in [0, 0.05) is 29.1 Å². The molecule has 0 unspecified atom stereocenters. The molecule has 98 valence electrons. The average molecular weight is 258 g/mol. The Labute approximate surface area is 110 Å². The van der Waals surface area contributed by atoms with Crippen LogP contribution in [-0.2, 0) is 0 Å². The fourth-order valence-corrected chi connectivity index (χ4v) is 2.13. The fraction of sp³-hybridized carbons (Fsp3) is 0.385. The Kier molecular flexibility index (Phi) is 4.15. The summed E-state index contributed by atoms with van der Waals surface area (Å²) in [5.74, 6) is -0.651. The summed E-state index contributed by atoms with van der Waals surface area (Å²) < 4.78 is 0. The summed E-state index contributed by atoms with van der Waals surface area (Å²) in [6, 6.07) is 6.20. The zero-order valence-corrected chi connectivity index (χ0v) is 10.5. The molecule has 0 atom stereocenters. The topological polar surface area (TPSA) is 86.1 Å². The van der Waals surface area contributed by atoms with Gasteiger partial charge in [-0.1, -0.05) is 12.1 Å². The maximum Gasteiger partial charge on any atom is 0.253 e. The monoisotopic (exact) mass is 258 g/mol. The zero-order chi connectivity index (χ0) is 13.7. The quantitative estimate of drug-likeness (QED) is 0.464. The van der Waals surface area contributed by atoms with Gasteiger partial charge in [-0.15, -0.1) is 0 Å². The lowest BCUT2D eigenvalue weighted by Crippen LogP contribution is -2.35. The van der Waals surface area contributed by atoms with Crippen LogP contribution in [0, 0.1) is 0 Å².